The molecule has 0 spiro atoms. The van der Waals surface area contributed by atoms with Crippen molar-refractivity contribution < 1.29 is 4.74 Å². The second-order valence-electron chi connectivity index (χ2n) is 3.12. The van der Waals surface area contributed by atoms with E-state index in [1.165, 1.54) is 6.21 Å². The molecule has 2 N–H and O–H groups in total. The van der Waals surface area contributed by atoms with Gasteiger partial charge in [0.25, 0.3) is 0 Å². The molecule has 0 radical (unpaired) electrons. The first-order valence-electron chi connectivity index (χ1n) is 4.63. The molecule has 0 amide bonds. The highest BCUT2D eigenvalue weighted by molar-refractivity contribution is 6.14. The first-order chi connectivity index (χ1) is 7.20. The molecule has 0 aromatic heterocycles. The van der Waals surface area contributed by atoms with Crippen LogP contribution >= 0.6 is 0 Å². The van der Waals surface area contributed by atoms with Crippen LogP contribution in [0, 0.1) is 19.3 Å². The van der Waals surface area contributed by atoms with Crippen molar-refractivity contribution in [2.24, 2.45) is 5.10 Å². The van der Waals surface area contributed by atoms with Gasteiger partial charge >= 0.3 is 0 Å². The van der Waals surface area contributed by atoms with Gasteiger partial charge in [0.15, 0.2) is 0 Å². The zero-order valence-corrected chi connectivity index (χ0v) is 9.16. The van der Waals surface area contributed by atoms with Gasteiger partial charge in [-0.15, -0.1) is 0 Å². The van der Waals surface area contributed by atoms with Crippen LogP contribution in [0.1, 0.15) is 11.1 Å². The predicted octanol–water partition coefficient (Wildman–Crippen LogP) is 2.36. The van der Waals surface area contributed by atoms with Crippen LogP contribution in [0.15, 0.2) is 17.2 Å². The molecular weight excluding hydrogens is 190 g/mol. The van der Waals surface area contributed by atoms with E-state index in [0.717, 1.165) is 28.8 Å². The van der Waals surface area contributed by atoms with E-state index in [0.29, 0.717) is 0 Å². The van der Waals surface area contributed by atoms with Crippen molar-refractivity contribution in [2.75, 3.05) is 12.5 Å². The van der Waals surface area contributed by atoms with Crippen molar-refractivity contribution in [3.63, 3.8) is 0 Å². The monoisotopic (exact) mass is 205 g/mol. The first-order valence-corrected chi connectivity index (χ1v) is 4.63. The van der Waals surface area contributed by atoms with E-state index in [2.05, 4.69) is 10.5 Å². The van der Waals surface area contributed by atoms with Crippen LogP contribution in [0.4, 0.5) is 5.69 Å². The molecule has 0 aliphatic rings. The second-order valence-corrected chi connectivity index (χ2v) is 3.12. The van der Waals surface area contributed by atoms with Gasteiger partial charge in [0.1, 0.15) is 5.75 Å². The minimum Gasteiger partial charge on any atom is -0.496 e. The summed E-state index contributed by atoms with van der Waals surface area (Å²) in [6.45, 7) is 4.00. The molecule has 4 nitrogen and oxygen atoms in total. The summed E-state index contributed by atoms with van der Waals surface area (Å²) in [5.74, 6) is 0.870. The summed E-state index contributed by atoms with van der Waals surface area (Å²) in [5, 5.41) is 10.7. The molecular formula is C11H15N3O. The van der Waals surface area contributed by atoms with E-state index in [4.69, 9.17) is 10.1 Å². The van der Waals surface area contributed by atoms with Crippen LogP contribution in [-0.4, -0.2) is 19.5 Å². The largest absolute Gasteiger partial charge is 0.496 e. The summed E-state index contributed by atoms with van der Waals surface area (Å²) in [5.41, 5.74) is 5.98. The third-order valence-electron chi connectivity index (χ3n) is 2.29. The number of methoxy groups -OCH3 is 1. The fraction of sp³-hybridized carbons (Fsp3) is 0.273. The molecule has 15 heavy (non-hydrogen) atoms. The van der Waals surface area contributed by atoms with Crippen molar-refractivity contribution in [2.45, 2.75) is 13.8 Å². The highest BCUT2D eigenvalue weighted by Gasteiger charge is 2.05. The molecule has 80 valence electrons. The number of hydrazone groups is 1. The normalized spacial score (nSPS) is 10.3. The topological polar surface area (TPSA) is 57.5 Å². The molecule has 1 rings (SSSR count). The summed E-state index contributed by atoms with van der Waals surface area (Å²) >= 11 is 0. The average molecular weight is 205 g/mol. The van der Waals surface area contributed by atoms with Gasteiger partial charge in [-0.2, -0.15) is 5.10 Å². The van der Waals surface area contributed by atoms with Crippen LogP contribution in [0.3, 0.4) is 0 Å². The zero-order valence-electron chi connectivity index (χ0n) is 9.16. The number of nitrogens with one attached hydrogen (secondary N) is 2. The number of rotatable bonds is 4. The van der Waals surface area contributed by atoms with Crippen molar-refractivity contribution in [3.05, 3.63) is 23.3 Å². The number of ether oxygens (including phenoxy) is 1. The smallest absolute Gasteiger partial charge is 0.122 e. The molecule has 0 aliphatic heterocycles. The van der Waals surface area contributed by atoms with Gasteiger partial charge in [0.05, 0.1) is 19.0 Å². The average Bonchev–Trinajstić information content (AvgIpc) is 2.25. The van der Waals surface area contributed by atoms with Crippen molar-refractivity contribution >= 4 is 18.1 Å². The lowest BCUT2D eigenvalue weighted by Crippen LogP contribution is -1.96. The Kier molecular flexibility index (Phi) is 3.85. The summed E-state index contributed by atoms with van der Waals surface area (Å²) in [6, 6.07) is 3.80. The SMILES string of the molecule is COc1ccc(N/N=C\C=N)c(C)c1C. The number of nitrogens with zero attached hydrogens (tertiary/aromatic N) is 1. The summed E-state index contributed by atoms with van der Waals surface area (Å²) in [6.07, 6.45) is 2.51. The Labute approximate surface area is 89.5 Å². The third-order valence-corrected chi connectivity index (χ3v) is 2.29. The van der Waals surface area contributed by atoms with E-state index >= 15 is 0 Å². The quantitative estimate of drug-likeness (QED) is 0.585. The van der Waals surface area contributed by atoms with E-state index in [-0.39, 0.29) is 0 Å². The molecule has 0 unspecified atom stereocenters. The van der Waals surface area contributed by atoms with Crippen LogP contribution in [0.5, 0.6) is 5.75 Å². The van der Waals surface area contributed by atoms with E-state index in [9.17, 15) is 0 Å². The maximum absolute atomic E-state index is 6.79. The second kappa shape index (κ2) is 5.14. The van der Waals surface area contributed by atoms with Crippen LogP contribution in [0.25, 0.3) is 0 Å². The molecule has 1 aromatic carbocycles. The van der Waals surface area contributed by atoms with Crippen LogP contribution in [-0.2, 0) is 0 Å². The Bertz CT molecular complexity index is 386. The number of anilines is 1. The van der Waals surface area contributed by atoms with Gasteiger partial charge in [0, 0.05) is 6.21 Å². The minimum absolute atomic E-state index is 0.870. The maximum atomic E-state index is 6.79. The third kappa shape index (κ3) is 2.56. The predicted molar refractivity (Wildman–Crippen MR) is 63.4 cm³/mol. The molecule has 0 saturated heterocycles. The first kappa shape index (κ1) is 11.2. The fourth-order valence-corrected chi connectivity index (χ4v) is 1.28. The Balaban J connectivity index is 2.96. The van der Waals surface area contributed by atoms with E-state index < -0.39 is 0 Å². The van der Waals surface area contributed by atoms with Crippen molar-refractivity contribution in [1.29, 1.82) is 5.41 Å². The lowest BCUT2D eigenvalue weighted by atomic mass is 10.1. The van der Waals surface area contributed by atoms with Gasteiger partial charge in [-0.05, 0) is 37.1 Å². The summed E-state index contributed by atoms with van der Waals surface area (Å²) < 4.78 is 5.20. The molecule has 0 fully saturated rings. The van der Waals surface area contributed by atoms with Gasteiger partial charge in [-0.25, -0.2) is 0 Å². The Hall–Kier alpha value is -1.84. The van der Waals surface area contributed by atoms with Gasteiger partial charge in [0.2, 0.25) is 0 Å². The van der Waals surface area contributed by atoms with Gasteiger partial charge < -0.3 is 10.1 Å². The molecule has 0 heterocycles. The number of benzene rings is 1. The molecule has 4 heteroatoms. The Morgan fingerprint density at radius 2 is 2.07 bits per heavy atom. The number of hydrogen-bond donors (Lipinski definition) is 2. The van der Waals surface area contributed by atoms with Gasteiger partial charge in [-0.3, -0.25) is 5.43 Å². The summed E-state index contributed by atoms with van der Waals surface area (Å²) in [7, 11) is 1.65. The minimum atomic E-state index is 0.870. The van der Waals surface area contributed by atoms with Gasteiger partial charge in [-0.1, -0.05) is 0 Å². The molecule has 0 bridgehead atoms. The highest BCUT2D eigenvalue weighted by Crippen LogP contribution is 2.26. The Morgan fingerprint density at radius 3 is 2.67 bits per heavy atom. The van der Waals surface area contributed by atoms with Crippen LogP contribution in [0.2, 0.25) is 0 Å². The molecule has 0 aliphatic carbocycles. The Morgan fingerprint density at radius 1 is 1.33 bits per heavy atom. The lowest BCUT2D eigenvalue weighted by molar-refractivity contribution is 0.411. The maximum Gasteiger partial charge on any atom is 0.122 e. The van der Waals surface area contributed by atoms with Crippen LogP contribution < -0.4 is 10.2 Å². The summed E-state index contributed by atoms with van der Waals surface area (Å²) in [4.78, 5) is 0. The number of hydrogen-bond acceptors (Lipinski definition) is 4. The molecule has 1 aromatic rings. The lowest BCUT2D eigenvalue weighted by Gasteiger charge is -2.11. The standard InChI is InChI=1S/C11H15N3O/c1-8-9(2)11(15-3)5-4-10(8)14-13-7-6-12/h4-7,12,14H,1-3H3/b12-6?,13-7-. The highest BCUT2D eigenvalue weighted by atomic mass is 16.5. The van der Waals surface area contributed by atoms with E-state index in [1.54, 1.807) is 7.11 Å². The van der Waals surface area contributed by atoms with Crippen molar-refractivity contribution in [1.82, 2.24) is 0 Å². The van der Waals surface area contributed by atoms with E-state index in [1.807, 2.05) is 26.0 Å². The molecule has 0 atom stereocenters. The molecule has 0 saturated carbocycles. The fourth-order valence-electron chi connectivity index (χ4n) is 1.28. The zero-order chi connectivity index (χ0) is 11.3. The van der Waals surface area contributed by atoms with Crippen molar-refractivity contribution in [3.8, 4) is 5.75 Å².